The third kappa shape index (κ3) is 2.85. The molecule has 1 fully saturated rings. The molecule has 6 heteroatoms. The summed E-state index contributed by atoms with van der Waals surface area (Å²) in [6.45, 7) is 5.93. The summed E-state index contributed by atoms with van der Waals surface area (Å²) in [5.74, 6) is 0.372. The van der Waals surface area contributed by atoms with Crippen LogP contribution in [0.25, 0.3) is 11.0 Å². The second-order valence-electron chi connectivity index (χ2n) is 7.23. The molecule has 0 aromatic carbocycles. The van der Waals surface area contributed by atoms with Crippen LogP contribution in [0.4, 0.5) is 0 Å². The number of aromatic nitrogens is 4. The van der Waals surface area contributed by atoms with Gasteiger partial charge in [0, 0.05) is 30.9 Å². The molecule has 0 saturated heterocycles. The largest absolute Gasteiger partial charge is 0.268 e. The first-order valence-corrected chi connectivity index (χ1v) is 9.06. The van der Waals surface area contributed by atoms with Gasteiger partial charge < -0.3 is 0 Å². The zero-order chi connectivity index (χ0) is 18.4. The van der Waals surface area contributed by atoms with Crippen LogP contribution in [-0.4, -0.2) is 31.3 Å². The van der Waals surface area contributed by atoms with Crippen LogP contribution in [0.1, 0.15) is 54.4 Å². The van der Waals surface area contributed by atoms with Crippen LogP contribution in [0.2, 0.25) is 0 Å². The normalized spacial score (nSPS) is 15.2. The molecular formula is C20H23N5O. The summed E-state index contributed by atoms with van der Waals surface area (Å²) >= 11 is 0. The SMILES string of the molecule is Cc1nn(C)c2nc(C3CC3)cc(C(=O)n3ccccc3=NC(C)C)c12. The Bertz CT molecular complexity index is 1070. The fraction of sp³-hybridized carbons (Fsp3) is 0.400. The number of aryl methyl sites for hydroxylation is 2. The van der Waals surface area contributed by atoms with Gasteiger partial charge in [0.15, 0.2) is 5.65 Å². The Hall–Kier alpha value is -2.76. The van der Waals surface area contributed by atoms with Crippen molar-refractivity contribution in [3.63, 3.8) is 0 Å². The summed E-state index contributed by atoms with van der Waals surface area (Å²) in [7, 11) is 1.88. The predicted molar refractivity (Wildman–Crippen MR) is 100 cm³/mol. The van der Waals surface area contributed by atoms with Crippen molar-refractivity contribution in [1.29, 1.82) is 0 Å². The van der Waals surface area contributed by atoms with Gasteiger partial charge in [0.1, 0.15) is 5.49 Å². The van der Waals surface area contributed by atoms with Crippen molar-refractivity contribution in [2.24, 2.45) is 12.0 Å². The molecule has 0 spiro atoms. The summed E-state index contributed by atoms with van der Waals surface area (Å²) in [5, 5.41) is 5.32. The molecule has 0 N–H and O–H groups in total. The van der Waals surface area contributed by atoms with E-state index in [2.05, 4.69) is 10.1 Å². The zero-order valence-corrected chi connectivity index (χ0v) is 15.6. The second-order valence-corrected chi connectivity index (χ2v) is 7.23. The van der Waals surface area contributed by atoms with Crippen LogP contribution in [0.5, 0.6) is 0 Å². The van der Waals surface area contributed by atoms with E-state index in [-0.39, 0.29) is 11.9 Å². The Labute approximate surface area is 152 Å². The van der Waals surface area contributed by atoms with Crippen LogP contribution in [0.3, 0.4) is 0 Å². The number of rotatable bonds is 3. The van der Waals surface area contributed by atoms with Crippen molar-refractivity contribution >= 4 is 16.9 Å². The van der Waals surface area contributed by atoms with Crippen LogP contribution in [0.15, 0.2) is 35.5 Å². The summed E-state index contributed by atoms with van der Waals surface area (Å²) in [5.41, 5.74) is 3.89. The maximum atomic E-state index is 13.5. The molecule has 26 heavy (non-hydrogen) atoms. The van der Waals surface area contributed by atoms with Crippen molar-refractivity contribution in [3.05, 3.63) is 52.9 Å². The molecule has 0 radical (unpaired) electrons. The molecule has 3 aromatic rings. The number of carbonyl (C=O) groups is 1. The van der Waals surface area contributed by atoms with E-state index in [1.165, 1.54) is 0 Å². The molecular weight excluding hydrogens is 326 g/mol. The summed E-state index contributed by atoms with van der Waals surface area (Å²) in [4.78, 5) is 22.8. The van der Waals surface area contributed by atoms with E-state index in [9.17, 15) is 4.79 Å². The highest BCUT2D eigenvalue weighted by Gasteiger charge is 2.28. The van der Waals surface area contributed by atoms with Crippen molar-refractivity contribution < 1.29 is 4.79 Å². The fourth-order valence-corrected chi connectivity index (χ4v) is 3.33. The van der Waals surface area contributed by atoms with Gasteiger partial charge in [-0.15, -0.1) is 0 Å². The van der Waals surface area contributed by atoms with Gasteiger partial charge in [-0.3, -0.25) is 19.0 Å². The Morgan fingerprint density at radius 1 is 1.31 bits per heavy atom. The van der Waals surface area contributed by atoms with Crippen molar-refractivity contribution in [1.82, 2.24) is 19.3 Å². The summed E-state index contributed by atoms with van der Waals surface area (Å²) in [6, 6.07) is 7.69. The lowest BCUT2D eigenvalue weighted by atomic mass is 10.1. The van der Waals surface area contributed by atoms with Gasteiger partial charge in [-0.25, -0.2) is 4.98 Å². The zero-order valence-electron chi connectivity index (χ0n) is 15.6. The molecule has 0 bridgehead atoms. The lowest BCUT2D eigenvalue weighted by Crippen LogP contribution is -2.28. The highest BCUT2D eigenvalue weighted by atomic mass is 16.2. The number of carbonyl (C=O) groups excluding carboxylic acids is 1. The quantitative estimate of drug-likeness (QED) is 0.730. The minimum absolute atomic E-state index is 0.0876. The van der Waals surface area contributed by atoms with Gasteiger partial charge in [0.2, 0.25) is 0 Å². The molecule has 1 aliphatic rings. The first kappa shape index (κ1) is 16.7. The maximum Gasteiger partial charge on any atom is 0.264 e. The molecule has 0 unspecified atom stereocenters. The third-order valence-electron chi connectivity index (χ3n) is 4.66. The minimum atomic E-state index is -0.0876. The standard InChI is InChI=1S/C20H23N5O/c1-12(2)21-17-7-5-6-10-25(17)20(26)15-11-16(14-8-9-14)22-19-18(15)13(3)23-24(19)4/h5-7,10-12,14H,8-9H2,1-4H3. The van der Waals surface area contributed by atoms with Gasteiger partial charge in [0.25, 0.3) is 5.91 Å². The molecule has 1 saturated carbocycles. The Morgan fingerprint density at radius 3 is 2.77 bits per heavy atom. The van der Waals surface area contributed by atoms with Gasteiger partial charge in [-0.1, -0.05) is 6.07 Å². The van der Waals surface area contributed by atoms with E-state index >= 15 is 0 Å². The number of hydrogen-bond donors (Lipinski definition) is 0. The molecule has 6 nitrogen and oxygen atoms in total. The average molecular weight is 349 g/mol. The van der Waals surface area contributed by atoms with Crippen LogP contribution in [-0.2, 0) is 7.05 Å². The first-order valence-electron chi connectivity index (χ1n) is 9.06. The second kappa shape index (κ2) is 6.20. The minimum Gasteiger partial charge on any atom is -0.268 e. The highest BCUT2D eigenvalue weighted by molar-refractivity contribution is 6.07. The number of nitrogens with zero attached hydrogens (tertiary/aromatic N) is 5. The van der Waals surface area contributed by atoms with E-state index in [1.54, 1.807) is 15.4 Å². The Balaban J connectivity index is 1.96. The number of pyridine rings is 2. The predicted octanol–water partition coefficient (Wildman–Crippen LogP) is 2.95. The average Bonchev–Trinajstić information content (AvgIpc) is 3.41. The van der Waals surface area contributed by atoms with Crippen molar-refractivity contribution in [2.45, 2.75) is 45.6 Å². The van der Waals surface area contributed by atoms with E-state index in [1.807, 2.05) is 52.1 Å². The van der Waals surface area contributed by atoms with Gasteiger partial charge >= 0.3 is 0 Å². The van der Waals surface area contributed by atoms with E-state index in [0.717, 1.165) is 35.3 Å². The fourth-order valence-electron chi connectivity index (χ4n) is 3.33. The smallest absolute Gasteiger partial charge is 0.264 e. The molecule has 3 heterocycles. The van der Waals surface area contributed by atoms with E-state index < -0.39 is 0 Å². The van der Waals surface area contributed by atoms with Crippen LogP contribution < -0.4 is 5.49 Å². The molecule has 4 rings (SSSR count). The molecule has 134 valence electrons. The Morgan fingerprint density at radius 2 is 2.08 bits per heavy atom. The lowest BCUT2D eigenvalue weighted by molar-refractivity contribution is 0.0956. The van der Waals surface area contributed by atoms with Gasteiger partial charge in [0.05, 0.1) is 16.6 Å². The van der Waals surface area contributed by atoms with E-state index in [4.69, 9.17) is 4.98 Å². The topological polar surface area (TPSA) is 65.1 Å². The summed E-state index contributed by atoms with van der Waals surface area (Å²) < 4.78 is 3.39. The third-order valence-corrected chi connectivity index (χ3v) is 4.66. The Kier molecular flexibility index (Phi) is 3.98. The van der Waals surface area contributed by atoms with Crippen LogP contribution in [0, 0.1) is 6.92 Å². The molecule has 3 aromatic heterocycles. The highest BCUT2D eigenvalue weighted by Crippen LogP contribution is 2.40. The van der Waals surface area contributed by atoms with E-state index in [0.29, 0.717) is 17.0 Å². The van der Waals surface area contributed by atoms with Crippen molar-refractivity contribution in [2.75, 3.05) is 0 Å². The number of fused-ring (bicyclic) bond motifs is 1. The van der Waals surface area contributed by atoms with Crippen molar-refractivity contribution in [3.8, 4) is 0 Å². The molecule has 0 amide bonds. The lowest BCUT2D eigenvalue weighted by Gasteiger charge is -2.10. The van der Waals surface area contributed by atoms with Crippen LogP contribution >= 0.6 is 0 Å². The first-order chi connectivity index (χ1) is 12.5. The molecule has 0 aliphatic heterocycles. The van der Waals surface area contributed by atoms with Gasteiger partial charge in [-0.2, -0.15) is 5.10 Å². The number of hydrogen-bond acceptors (Lipinski definition) is 4. The maximum absolute atomic E-state index is 13.5. The summed E-state index contributed by atoms with van der Waals surface area (Å²) in [6.07, 6.45) is 4.04. The monoisotopic (exact) mass is 349 g/mol. The van der Waals surface area contributed by atoms with Gasteiger partial charge in [-0.05, 0) is 51.8 Å². The molecule has 0 atom stereocenters. The molecule has 1 aliphatic carbocycles.